The first-order valence-electron chi connectivity index (χ1n) is 9.54. The smallest absolute Gasteiger partial charge is 0.262 e. The summed E-state index contributed by atoms with van der Waals surface area (Å²) in [5.74, 6) is -5.43. The Morgan fingerprint density at radius 3 is 2.57 bits per heavy atom. The van der Waals surface area contributed by atoms with E-state index < -0.39 is 35.0 Å². The molecule has 2 N–H and O–H groups in total. The van der Waals surface area contributed by atoms with Crippen molar-refractivity contribution in [2.24, 2.45) is 0 Å². The van der Waals surface area contributed by atoms with Crippen LogP contribution in [0, 0.1) is 24.4 Å². The summed E-state index contributed by atoms with van der Waals surface area (Å²) in [7, 11) is 0. The number of benzene rings is 2. The largest absolute Gasteiger partial charge is 0.503 e. The number of unbranched alkanes of at least 4 members (excludes halogenated alkanes) is 1. The monoisotopic (exact) mass is 418 g/mol. The van der Waals surface area contributed by atoms with E-state index in [1.54, 1.807) is 0 Å². The van der Waals surface area contributed by atoms with Crippen LogP contribution in [-0.2, 0) is 11.2 Å². The van der Waals surface area contributed by atoms with Crippen molar-refractivity contribution < 1.29 is 27.9 Å². The van der Waals surface area contributed by atoms with Gasteiger partial charge >= 0.3 is 0 Å². The number of amides is 1. The van der Waals surface area contributed by atoms with Gasteiger partial charge in [-0.1, -0.05) is 19.4 Å². The zero-order chi connectivity index (χ0) is 22.0. The molecule has 3 rings (SSSR count). The number of hydrogen-bond donors (Lipinski definition) is 2. The van der Waals surface area contributed by atoms with Crippen LogP contribution in [0.3, 0.4) is 0 Å². The van der Waals surface area contributed by atoms with Crippen LogP contribution in [0.2, 0.25) is 0 Å². The fourth-order valence-corrected chi connectivity index (χ4v) is 3.41. The Labute approximate surface area is 171 Å². The van der Waals surface area contributed by atoms with Gasteiger partial charge in [-0.3, -0.25) is 14.2 Å². The maximum absolute atomic E-state index is 14.8. The number of phenols is 1. The number of phenolic OH excluding ortho intramolecular Hbond substituents is 1. The van der Waals surface area contributed by atoms with Gasteiger partial charge in [-0.2, -0.15) is 0 Å². The number of carbonyl (C=O) groups excluding carboxylic acids is 2. The van der Waals surface area contributed by atoms with Crippen molar-refractivity contribution in [2.75, 3.05) is 6.54 Å². The molecule has 0 saturated heterocycles. The average molecular weight is 418 g/mol. The van der Waals surface area contributed by atoms with E-state index in [0.29, 0.717) is 6.54 Å². The molecule has 2 aromatic carbocycles. The predicted molar refractivity (Wildman–Crippen MR) is 106 cm³/mol. The van der Waals surface area contributed by atoms with Crippen LogP contribution >= 0.6 is 0 Å². The molecule has 5 nitrogen and oxygen atoms in total. The van der Waals surface area contributed by atoms with Gasteiger partial charge < -0.3 is 10.4 Å². The molecular weight excluding hydrogens is 397 g/mol. The molecule has 0 atom stereocenters. The highest BCUT2D eigenvalue weighted by molar-refractivity contribution is 6.05. The zero-order valence-electron chi connectivity index (χ0n) is 16.6. The van der Waals surface area contributed by atoms with Gasteiger partial charge in [0.2, 0.25) is 5.91 Å². The Balaban J connectivity index is 2.17. The summed E-state index contributed by atoms with van der Waals surface area (Å²) in [5.41, 5.74) is 0.180. The number of halogens is 3. The molecule has 0 radical (unpaired) electrons. The van der Waals surface area contributed by atoms with E-state index >= 15 is 0 Å². The number of fused-ring (bicyclic) bond motifs is 1. The summed E-state index contributed by atoms with van der Waals surface area (Å²) in [5, 5.41) is 12.2. The Hall–Kier alpha value is -3.29. The fourth-order valence-electron chi connectivity index (χ4n) is 3.41. The lowest BCUT2D eigenvalue weighted by Crippen LogP contribution is -2.26. The van der Waals surface area contributed by atoms with Crippen LogP contribution in [0.25, 0.3) is 10.9 Å². The highest BCUT2D eigenvalue weighted by Crippen LogP contribution is 2.35. The molecule has 158 valence electrons. The summed E-state index contributed by atoms with van der Waals surface area (Å²) in [4.78, 5) is 25.4. The molecule has 3 aromatic rings. The maximum atomic E-state index is 14.8. The minimum absolute atomic E-state index is 0.0251. The fraction of sp³-hybridized carbons (Fsp3) is 0.273. The first-order chi connectivity index (χ1) is 14.3. The number of nitrogens with zero attached hydrogens (tertiary/aromatic N) is 1. The summed E-state index contributed by atoms with van der Waals surface area (Å²) < 4.78 is 43.5. The first-order valence-corrected chi connectivity index (χ1v) is 9.54. The quantitative estimate of drug-likeness (QED) is 0.589. The molecular formula is C22H21F3N2O3. The number of aromatic nitrogens is 1. The van der Waals surface area contributed by atoms with E-state index in [9.17, 15) is 27.9 Å². The lowest BCUT2D eigenvalue weighted by atomic mass is 10.1. The van der Waals surface area contributed by atoms with Gasteiger partial charge in [0.05, 0.1) is 11.9 Å². The standard InChI is InChI=1S/C22H21F3N2O3/c1-3-4-8-26-18(28)10-15-12(2)27(22(30)13-6-5-7-14(23)9-13)17-11-16(24)21(29)20(25)19(15)17/h5-7,9,11,29H,3-4,8,10H2,1-2H3,(H,26,28). The van der Waals surface area contributed by atoms with Gasteiger partial charge in [0.25, 0.3) is 5.91 Å². The van der Waals surface area contributed by atoms with E-state index in [4.69, 9.17) is 0 Å². The SMILES string of the molecule is CCCCNC(=O)Cc1c(C)n(C(=O)c2cccc(F)c2)c2cc(F)c(O)c(F)c12. The van der Waals surface area contributed by atoms with Crippen molar-refractivity contribution in [2.45, 2.75) is 33.1 Å². The minimum atomic E-state index is -1.25. The van der Waals surface area contributed by atoms with E-state index in [2.05, 4.69) is 5.32 Å². The molecule has 0 fully saturated rings. The number of hydrogen-bond acceptors (Lipinski definition) is 3. The van der Waals surface area contributed by atoms with Crippen LogP contribution in [-0.4, -0.2) is 28.0 Å². The number of carbonyl (C=O) groups is 2. The van der Waals surface area contributed by atoms with Gasteiger partial charge in [-0.05, 0) is 37.1 Å². The highest BCUT2D eigenvalue weighted by Gasteiger charge is 2.27. The first kappa shape index (κ1) is 21.4. The summed E-state index contributed by atoms with van der Waals surface area (Å²) in [6, 6.07) is 5.73. The predicted octanol–water partition coefficient (Wildman–Crippen LogP) is 4.22. The van der Waals surface area contributed by atoms with Gasteiger partial charge in [0.15, 0.2) is 17.4 Å². The number of aromatic hydroxyl groups is 1. The van der Waals surface area contributed by atoms with Crippen LogP contribution < -0.4 is 5.32 Å². The summed E-state index contributed by atoms with van der Waals surface area (Å²) >= 11 is 0. The second-order valence-electron chi connectivity index (χ2n) is 7.01. The van der Waals surface area contributed by atoms with Gasteiger partial charge in [0.1, 0.15) is 5.82 Å². The molecule has 30 heavy (non-hydrogen) atoms. The minimum Gasteiger partial charge on any atom is -0.503 e. The van der Waals surface area contributed by atoms with Gasteiger partial charge in [0, 0.05) is 29.3 Å². The Morgan fingerprint density at radius 1 is 1.17 bits per heavy atom. The van der Waals surface area contributed by atoms with Crippen molar-refractivity contribution in [3.8, 4) is 5.75 Å². The molecule has 1 aromatic heterocycles. The van der Waals surface area contributed by atoms with Crippen LogP contribution in [0.5, 0.6) is 5.75 Å². The summed E-state index contributed by atoms with van der Waals surface area (Å²) in [6.45, 7) is 3.90. The summed E-state index contributed by atoms with van der Waals surface area (Å²) in [6.07, 6.45) is 1.38. The molecule has 0 aliphatic carbocycles. The van der Waals surface area contributed by atoms with Crippen LogP contribution in [0.4, 0.5) is 13.2 Å². The molecule has 1 heterocycles. The highest BCUT2D eigenvalue weighted by atomic mass is 19.1. The second kappa shape index (κ2) is 8.61. The second-order valence-corrected chi connectivity index (χ2v) is 7.01. The molecule has 0 unspecified atom stereocenters. The molecule has 0 saturated carbocycles. The molecule has 0 spiro atoms. The molecule has 0 bridgehead atoms. The van der Waals surface area contributed by atoms with E-state index in [1.165, 1.54) is 25.1 Å². The Bertz CT molecular complexity index is 1140. The van der Waals surface area contributed by atoms with E-state index in [-0.39, 0.29) is 34.1 Å². The lowest BCUT2D eigenvalue weighted by molar-refractivity contribution is -0.120. The lowest BCUT2D eigenvalue weighted by Gasteiger charge is -2.08. The van der Waals surface area contributed by atoms with E-state index in [1.807, 2.05) is 6.92 Å². The van der Waals surface area contributed by atoms with Gasteiger partial charge in [-0.15, -0.1) is 0 Å². The number of nitrogens with one attached hydrogen (secondary N) is 1. The zero-order valence-corrected chi connectivity index (χ0v) is 16.6. The van der Waals surface area contributed by atoms with Crippen LogP contribution in [0.15, 0.2) is 30.3 Å². The van der Waals surface area contributed by atoms with Crippen molar-refractivity contribution in [3.63, 3.8) is 0 Å². The third-order valence-electron chi connectivity index (χ3n) is 4.95. The van der Waals surface area contributed by atoms with Crippen molar-refractivity contribution >= 4 is 22.7 Å². The third kappa shape index (κ3) is 3.90. The number of rotatable bonds is 6. The molecule has 8 heteroatoms. The van der Waals surface area contributed by atoms with Crippen molar-refractivity contribution in [3.05, 3.63) is 64.6 Å². The topological polar surface area (TPSA) is 71.3 Å². The average Bonchev–Trinajstić information content (AvgIpc) is 2.97. The third-order valence-corrected chi connectivity index (χ3v) is 4.95. The molecule has 1 amide bonds. The van der Waals surface area contributed by atoms with Crippen molar-refractivity contribution in [1.82, 2.24) is 9.88 Å². The van der Waals surface area contributed by atoms with Crippen LogP contribution in [0.1, 0.15) is 41.4 Å². The Kier molecular flexibility index (Phi) is 6.14. The van der Waals surface area contributed by atoms with Crippen molar-refractivity contribution in [1.29, 1.82) is 0 Å². The maximum Gasteiger partial charge on any atom is 0.262 e. The molecule has 0 aliphatic heterocycles. The van der Waals surface area contributed by atoms with Gasteiger partial charge in [-0.25, -0.2) is 13.2 Å². The normalized spacial score (nSPS) is 11.1. The molecule has 0 aliphatic rings. The van der Waals surface area contributed by atoms with E-state index in [0.717, 1.165) is 29.5 Å². The Morgan fingerprint density at radius 2 is 1.90 bits per heavy atom.